The fourth-order valence-electron chi connectivity index (χ4n) is 6.87. The van der Waals surface area contributed by atoms with Gasteiger partial charge in [0.2, 0.25) is 0 Å². The number of hydrogen-bond donors (Lipinski definition) is 1. The molecule has 6 nitrogen and oxygen atoms in total. The normalized spacial score (nSPS) is 21.6. The lowest BCUT2D eigenvalue weighted by molar-refractivity contribution is -0.122. The van der Waals surface area contributed by atoms with E-state index >= 15 is 0 Å². The second kappa shape index (κ2) is 8.61. The van der Waals surface area contributed by atoms with Crippen LogP contribution in [0.4, 0.5) is 0 Å². The van der Waals surface area contributed by atoms with Crippen molar-refractivity contribution in [3.63, 3.8) is 0 Å². The Hall–Kier alpha value is -3.35. The molecule has 4 aromatic rings. The van der Waals surface area contributed by atoms with Crippen LogP contribution in [0.1, 0.15) is 30.7 Å². The molecule has 3 aliphatic rings. The highest BCUT2D eigenvalue weighted by molar-refractivity contribution is 6.51. The third kappa shape index (κ3) is 3.42. The van der Waals surface area contributed by atoms with E-state index in [0.717, 1.165) is 59.0 Å². The molecule has 7 heteroatoms. The monoisotopic (exact) mass is 514 g/mol. The molecule has 0 saturated carbocycles. The van der Waals surface area contributed by atoms with Gasteiger partial charge < -0.3 is 14.0 Å². The van der Waals surface area contributed by atoms with Crippen molar-refractivity contribution in [2.45, 2.75) is 32.9 Å². The number of benzene rings is 2. The molecular formula is C30H31ClN4O2. The first-order valence-electron chi connectivity index (χ1n) is 12.9. The van der Waals surface area contributed by atoms with Gasteiger partial charge in [-0.15, -0.1) is 12.4 Å². The fourth-order valence-corrected chi connectivity index (χ4v) is 6.87. The molecule has 0 spiro atoms. The van der Waals surface area contributed by atoms with Gasteiger partial charge in [0.1, 0.15) is 0 Å². The molecular weight excluding hydrogens is 484 g/mol. The van der Waals surface area contributed by atoms with Crippen molar-refractivity contribution in [1.29, 1.82) is 0 Å². The van der Waals surface area contributed by atoms with Crippen LogP contribution in [0, 0.1) is 11.8 Å². The standard InChI is InChI=1S/C30H30N4O2.ClH/c1-17(2)33-13-18-12-25-26(21-9-5-7-11-24(21)34(25)15-19(18)14-33)28-27(29(35)31-30(28)36)22-16-32(3)23-10-6-4-8-20(22)23;/h4-11,16-19H,12-15H2,1-3H3,(H,31,35,36);1H/t18-,19-;/m1./s1. The van der Waals surface area contributed by atoms with Gasteiger partial charge in [-0.2, -0.15) is 0 Å². The highest BCUT2D eigenvalue weighted by Crippen LogP contribution is 2.45. The first-order chi connectivity index (χ1) is 17.4. The van der Waals surface area contributed by atoms with E-state index in [1.54, 1.807) is 0 Å². The molecule has 2 atom stereocenters. The number of carbonyl (C=O) groups excluding carboxylic acids is 2. The number of fused-ring (bicyclic) bond motifs is 5. The average molecular weight is 515 g/mol. The van der Waals surface area contributed by atoms with Crippen LogP contribution in [0.3, 0.4) is 0 Å². The minimum atomic E-state index is -0.309. The second-order valence-electron chi connectivity index (χ2n) is 10.9. The van der Waals surface area contributed by atoms with E-state index in [1.165, 1.54) is 5.69 Å². The summed E-state index contributed by atoms with van der Waals surface area (Å²) < 4.78 is 4.46. The highest BCUT2D eigenvalue weighted by atomic mass is 35.5. The lowest BCUT2D eigenvalue weighted by atomic mass is 9.85. The Morgan fingerprint density at radius 2 is 1.49 bits per heavy atom. The quantitative estimate of drug-likeness (QED) is 0.405. The minimum absolute atomic E-state index is 0. The van der Waals surface area contributed by atoms with Crippen molar-refractivity contribution < 1.29 is 9.59 Å². The molecule has 3 aliphatic heterocycles. The summed E-state index contributed by atoms with van der Waals surface area (Å²) in [6.45, 7) is 7.70. The summed E-state index contributed by atoms with van der Waals surface area (Å²) in [7, 11) is 1.98. The Morgan fingerprint density at radius 1 is 0.838 bits per heavy atom. The molecule has 37 heavy (non-hydrogen) atoms. The van der Waals surface area contributed by atoms with Crippen LogP contribution >= 0.6 is 12.4 Å². The zero-order valence-electron chi connectivity index (χ0n) is 21.3. The maximum Gasteiger partial charge on any atom is 0.259 e. The number of likely N-dealkylation sites (tertiary alicyclic amines) is 1. The molecule has 2 amide bonds. The first kappa shape index (κ1) is 24.0. The maximum absolute atomic E-state index is 13.5. The molecule has 5 heterocycles. The van der Waals surface area contributed by atoms with Crippen LogP contribution in [0.5, 0.6) is 0 Å². The summed E-state index contributed by atoms with van der Waals surface area (Å²) in [4.78, 5) is 29.4. The van der Waals surface area contributed by atoms with E-state index in [9.17, 15) is 9.59 Å². The van der Waals surface area contributed by atoms with Gasteiger partial charge in [-0.25, -0.2) is 0 Å². The molecule has 0 unspecified atom stereocenters. The summed E-state index contributed by atoms with van der Waals surface area (Å²) in [5.74, 6) is 0.564. The fraction of sp³-hybridized carbons (Fsp3) is 0.333. The molecule has 0 bridgehead atoms. The Bertz CT molecular complexity index is 1630. The number of hydrogen-bond acceptors (Lipinski definition) is 3. The summed E-state index contributed by atoms with van der Waals surface area (Å²) in [6.07, 6.45) is 2.90. The topological polar surface area (TPSA) is 59.3 Å². The molecule has 0 radical (unpaired) electrons. The molecule has 1 fully saturated rings. The Morgan fingerprint density at radius 3 is 2.24 bits per heavy atom. The van der Waals surface area contributed by atoms with Crippen LogP contribution in [0.2, 0.25) is 0 Å². The van der Waals surface area contributed by atoms with Gasteiger partial charge in [0, 0.05) is 77.5 Å². The van der Waals surface area contributed by atoms with E-state index in [2.05, 4.69) is 46.8 Å². The molecule has 2 aromatic heterocycles. The van der Waals surface area contributed by atoms with Crippen molar-refractivity contribution in [1.82, 2.24) is 19.4 Å². The predicted octanol–water partition coefficient (Wildman–Crippen LogP) is 4.63. The molecule has 7 rings (SSSR count). The first-order valence-corrected chi connectivity index (χ1v) is 12.9. The number of halogens is 1. The van der Waals surface area contributed by atoms with Gasteiger partial charge in [-0.1, -0.05) is 36.4 Å². The van der Waals surface area contributed by atoms with Crippen molar-refractivity contribution in [3.8, 4) is 0 Å². The van der Waals surface area contributed by atoms with E-state index < -0.39 is 0 Å². The Labute approximate surface area is 222 Å². The van der Waals surface area contributed by atoms with Crippen LogP contribution in [0.25, 0.3) is 33.0 Å². The highest BCUT2D eigenvalue weighted by Gasteiger charge is 2.42. The Balaban J connectivity index is 0.00000252. The molecule has 0 aliphatic carbocycles. The van der Waals surface area contributed by atoms with Gasteiger partial charge in [-0.05, 0) is 44.2 Å². The zero-order chi connectivity index (χ0) is 24.7. The zero-order valence-corrected chi connectivity index (χ0v) is 22.1. The second-order valence-corrected chi connectivity index (χ2v) is 10.9. The third-order valence-corrected chi connectivity index (χ3v) is 8.63. The number of aromatic nitrogens is 2. The molecule has 1 saturated heterocycles. The van der Waals surface area contributed by atoms with E-state index in [0.29, 0.717) is 29.0 Å². The largest absolute Gasteiger partial charge is 0.350 e. The lowest BCUT2D eigenvalue weighted by Gasteiger charge is -2.28. The number of aryl methyl sites for hydroxylation is 1. The van der Waals surface area contributed by atoms with E-state index in [4.69, 9.17) is 0 Å². The molecule has 1 N–H and O–H groups in total. The smallest absolute Gasteiger partial charge is 0.259 e. The van der Waals surface area contributed by atoms with Gasteiger partial charge >= 0.3 is 0 Å². The SMILES string of the molecule is CC(C)N1C[C@H]2Cc3c(C4=C(c5cn(C)c6ccccc56)C(=O)NC4=O)c4ccccc4n3C[C@H]2C1.Cl. The van der Waals surface area contributed by atoms with E-state index in [1.807, 2.05) is 48.1 Å². The minimum Gasteiger partial charge on any atom is -0.350 e. The van der Waals surface area contributed by atoms with Crippen molar-refractivity contribution in [3.05, 3.63) is 71.5 Å². The van der Waals surface area contributed by atoms with Gasteiger partial charge in [-0.3, -0.25) is 14.9 Å². The maximum atomic E-state index is 13.5. The van der Waals surface area contributed by atoms with Crippen LogP contribution in [-0.4, -0.2) is 45.0 Å². The number of para-hydroxylation sites is 2. The van der Waals surface area contributed by atoms with Crippen LogP contribution in [-0.2, 0) is 29.6 Å². The van der Waals surface area contributed by atoms with Crippen molar-refractivity contribution in [2.75, 3.05) is 13.1 Å². The van der Waals surface area contributed by atoms with Gasteiger partial charge in [0.15, 0.2) is 0 Å². The number of imide groups is 1. The van der Waals surface area contributed by atoms with Crippen molar-refractivity contribution in [2.24, 2.45) is 18.9 Å². The number of rotatable bonds is 3. The number of nitrogens with zero attached hydrogens (tertiary/aromatic N) is 3. The number of amides is 2. The predicted molar refractivity (Wildman–Crippen MR) is 149 cm³/mol. The average Bonchev–Trinajstić information content (AvgIpc) is 3.59. The van der Waals surface area contributed by atoms with Gasteiger partial charge in [0.05, 0.1) is 11.1 Å². The molecule has 2 aromatic carbocycles. The summed E-state index contributed by atoms with van der Waals surface area (Å²) >= 11 is 0. The summed E-state index contributed by atoms with van der Waals surface area (Å²) in [6, 6.07) is 17.0. The lowest BCUT2D eigenvalue weighted by Crippen LogP contribution is -2.29. The molecule has 190 valence electrons. The van der Waals surface area contributed by atoms with Crippen LogP contribution < -0.4 is 5.32 Å². The number of carbonyl (C=O) groups is 2. The Kier molecular flexibility index (Phi) is 5.58. The summed E-state index contributed by atoms with van der Waals surface area (Å²) in [5, 5.41) is 4.68. The number of nitrogens with one attached hydrogen (secondary N) is 1. The van der Waals surface area contributed by atoms with Gasteiger partial charge in [0.25, 0.3) is 11.8 Å². The third-order valence-electron chi connectivity index (χ3n) is 8.63. The van der Waals surface area contributed by atoms with Crippen LogP contribution in [0.15, 0.2) is 54.7 Å². The van der Waals surface area contributed by atoms with E-state index in [-0.39, 0.29) is 24.2 Å². The summed E-state index contributed by atoms with van der Waals surface area (Å²) in [5.41, 5.74) is 6.17. The van der Waals surface area contributed by atoms with Crippen molar-refractivity contribution >= 4 is 57.2 Å².